The Morgan fingerprint density at radius 2 is 2.36 bits per heavy atom. The summed E-state index contributed by atoms with van der Waals surface area (Å²) in [4.78, 5) is 13.4. The molecule has 22 heavy (non-hydrogen) atoms. The molecule has 1 amide bonds. The van der Waals surface area contributed by atoms with Crippen LogP contribution in [0.5, 0.6) is 0 Å². The number of carbonyl (C=O) groups excluding carboxylic acids is 1. The predicted octanol–water partition coefficient (Wildman–Crippen LogP) is 1.72. The van der Waals surface area contributed by atoms with E-state index in [1.807, 2.05) is 12.3 Å². The van der Waals surface area contributed by atoms with Gasteiger partial charge in [-0.2, -0.15) is 5.10 Å². The smallest absolute Gasteiger partial charge is 0.217 e. The van der Waals surface area contributed by atoms with Crippen LogP contribution in [-0.4, -0.2) is 39.7 Å². The van der Waals surface area contributed by atoms with Crippen LogP contribution in [0.1, 0.15) is 18.9 Å². The number of halogens is 1. The molecule has 5 nitrogen and oxygen atoms in total. The minimum absolute atomic E-state index is 0.0192. The van der Waals surface area contributed by atoms with Crippen LogP contribution in [0.2, 0.25) is 0 Å². The summed E-state index contributed by atoms with van der Waals surface area (Å²) >= 11 is 0. The molecule has 1 aliphatic heterocycles. The molecular weight excluding hydrogens is 283 g/mol. The van der Waals surface area contributed by atoms with Gasteiger partial charge in [-0.15, -0.1) is 0 Å². The van der Waals surface area contributed by atoms with E-state index in [0.717, 1.165) is 31.6 Å². The minimum Gasteiger partial charge on any atom is -0.352 e. The third-order valence-corrected chi connectivity index (χ3v) is 3.79. The Labute approximate surface area is 128 Å². The average Bonchev–Trinajstić information content (AvgIpc) is 3.08. The van der Waals surface area contributed by atoms with E-state index in [2.05, 4.69) is 15.3 Å². The van der Waals surface area contributed by atoms with Crippen LogP contribution in [0, 0.1) is 5.82 Å². The fraction of sp³-hybridized carbons (Fsp3) is 0.375. The van der Waals surface area contributed by atoms with Gasteiger partial charge in [-0.1, -0.05) is 6.07 Å². The molecule has 1 aromatic heterocycles. The van der Waals surface area contributed by atoms with Gasteiger partial charge in [-0.05, 0) is 24.6 Å². The van der Waals surface area contributed by atoms with Crippen LogP contribution in [0.25, 0.3) is 5.69 Å². The highest BCUT2D eigenvalue weighted by Gasteiger charge is 2.23. The topological polar surface area (TPSA) is 50.2 Å². The Balaban J connectivity index is 1.62. The number of rotatable bonds is 4. The summed E-state index contributed by atoms with van der Waals surface area (Å²) in [5, 5.41) is 7.24. The summed E-state index contributed by atoms with van der Waals surface area (Å²) in [6, 6.07) is 6.60. The van der Waals surface area contributed by atoms with Crippen LogP contribution in [-0.2, 0) is 11.3 Å². The Morgan fingerprint density at radius 1 is 1.50 bits per heavy atom. The Hall–Kier alpha value is -2.21. The molecule has 116 valence electrons. The molecule has 2 heterocycles. The molecule has 1 saturated heterocycles. The van der Waals surface area contributed by atoms with Gasteiger partial charge in [0.1, 0.15) is 5.82 Å². The van der Waals surface area contributed by atoms with Crippen LogP contribution in [0.4, 0.5) is 4.39 Å². The molecule has 0 spiro atoms. The van der Waals surface area contributed by atoms with E-state index < -0.39 is 0 Å². The van der Waals surface area contributed by atoms with Gasteiger partial charge in [0, 0.05) is 44.4 Å². The van der Waals surface area contributed by atoms with Gasteiger partial charge in [0.05, 0.1) is 11.9 Å². The van der Waals surface area contributed by atoms with Gasteiger partial charge >= 0.3 is 0 Å². The van der Waals surface area contributed by atoms with Crippen LogP contribution < -0.4 is 5.32 Å². The van der Waals surface area contributed by atoms with Crippen LogP contribution in [0.3, 0.4) is 0 Å². The van der Waals surface area contributed by atoms with Crippen molar-refractivity contribution in [2.24, 2.45) is 0 Å². The van der Waals surface area contributed by atoms with E-state index >= 15 is 0 Å². The first-order chi connectivity index (χ1) is 10.6. The third kappa shape index (κ3) is 3.51. The first-order valence-corrected chi connectivity index (χ1v) is 7.39. The Kier molecular flexibility index (Phi) is 4.20. The lowest BCUT2D eigenvalue weighted by Gasteiger charge is -2.15. The Morgan fingerprint density at radius 3 is 3.14 bits per heavy atom. The molecule has 0 saturated carbocycles. The number of benzene rings is 1. The molecule has 0 unspecified atom stereocenters. The molecule has 1 aliphatic rings. The molecule has 1 atom stereocenters. The first kappa shape index (κ1) is 14.7. The number of hydrogen-bond acceptors (Lipinski definition) is 3. The number of likely N-dealkylation sites (tertiary alicyclic amines) is 1. The molecule has 1 N–H and O–H groups in total. The second-order valence-electron chi connectivity index (χ2n) is 5.69. The molecule has 0 radical (unpaired) electrons. The minimum atomic E-state index is -0.271. The van der Waals surface area contributed by atoms with E-state index in [-0.39, 0.29) is 17.8 Å². The van der Waals surface area contributed by atoms with Crippen molar-refractivity contribution in [3.05, 3.63) is 48.0 Å². The van der Waals surface area contributed by atoms with Gasteiger partial charge in [-0.25, -0.2) is 9.07 Å². The highest BCUT2D eigenvalue weighted by molar-refractivity contribution is 5.73. The maximum atomic E-state index is 13.3. The van der Waals surface area contributed by atoms with E-state index in [9.17, 15) is 9.18 Å². The number of aromatic nitrogens is 2. The van der Waals surface area contributed by atoms with E-state index in [0.29, 0.717) is 5.69 Å². The highest BCUT2D eigenvalue weighted by Crippen LogP contribution is 2.15. The predicted molar refractivity (Wildman–Crippen MR) is 81.0 cm³/mol. The van der Waals surface area contributed by atoms with Crippen molar-refractivity contribution in [1.29, 1.82) is 0 Å². The fourth-order valence-corrected chi connectivity index (χ4v) is 2.84. The van der Waals surface area contributed by atoms with Crippen LogP contribution in [0.15, 0.2) is 36.7 Å². The maximum absolute atomic E-state index is 13.3. The number of nitrogens with zero attached hydrogens (tertiary/aromatic N) is 3. The summed E-state index contributed by atoms with van der Waals surface area (Å²) in [6.07, 6.45) is 4.69. The Bertz CT molecular complexity index is 670. The summed E-state index contributed by atoms with van der Waals surface area (Å²) in [7, 11) is 0. The number of nitrogens with one attached hydrogen (secondary N) is 1. The highest BCUT2D eigenvalue weighted by atomic mass is 19.1. The van der Waals surface area contributed by atoms with Crippen molar-refractivity contribution in [3.63, 3.8) is 0 Å². The van der Waals surface area contributed by atoms with E-state index in [1.165, 1.54) is 12.1 Å². The normalized spacial score (nSPS) is 18.5. The zero-order valence-corrected chi connectivity index (χ0v) is 12.5. The summed E-state index contributed by atoms with van der Waals surface area (Å²) in [5.74, 6) is -0.252. The van der Waals surface area contributed by atoms with E-state index in [1.54, 1.807) is 23.9 Å². The lowest BCUT2D eigenvalue weighted by atomic mass is 10.2. The largest absolute Gasteiger partial charge is 0.352 e. The zero-order chi connectivity index (χ0) is 15.5. The second-order valence-corrected chi connectivity index (χ2v) is 5.69. The van der Waals surface area contributed by atoms with Crippen molar-refractivity contribution in [2.75, 3.05) is 13.1 Å². The summed E-state index contributed by atoms with van der Waals surface area (Å²) in [6.45, 7) is 4.14. The number of carbonyl (C=O) groups is 1. The monoisotopic (exact) mass is 302 g/mol. The van der Waals surface area contributed by atoms with Gasteiger partial charge in [0.2, 0.25) is 5.91 Å². The molecule has 0 aliphatic carbocycles. The molecular formula is C16H19FN4O. The van der Waals surface area contributed by atoms with Crippen molar-refractivity contribution in [1.82, 2.24) is 20.0 Å². The lowest BCUT2D eigenvalue weighted by molar-refractivity contribution is -0.119. The molecule has 6 heteroatoms. The SMILES string of the molecule is CC(=O)N[C@@H]1CCN(Cc2cnn(-c3cccc(F)c3)c2)C1. The zero-order valence-electron chi connectivity index (χ0n) is 12.5. The van der Waals surface area contributed by atoms with Gasteiger partial charge in [-0.3, -0.25) is 9.69 Å². The second kappa shape index (κ2) is 6.27. The molecule has 1 fully saturated rings. The van der Waals surface area contributed by atoms with Crippen molar-refractivity contribution >= 4 is 5.91 Å². The molecule has 0 bridgehead atoms. The number of amides is 1. The molecule has 2 aromatic rings. The molecule has 3 rings (SSSR count). The van der Waals surface area contributed by atoms with Gasteiger partial charge in [0.25, 0.3) is 0 Å². The van der Waals surface area contributed by atoms with Crippen LogP contribution >= 0.6 is 0 Å². The molecule has 1 aromatic carbocycles. The summed E-state index contributed by atoms with van der Waals surface area (Å²) in [5.41, 5.74) is 1.79. The van der Waals surface area contributed by atoms with Crippen molar-refractivity contribution < 1.29 is 9.18 Å². The third-order valence-electron chi connectivity index (χ3n) is 3.79. The number of hydrogen-bond donors (Lipinski definition) is 1. The van der Waals surface area contributed by atoms with Gasteiger partial charge < -0.3 is 5.32 Å². The summed E-state index contributed by atoms with van der Waals surface area (Å²) < 4.78 is 14.9. The first-order valence-electron chi connectivity index (χ1n) is 7.39. The average molecular weight is 302 g/mol. The fourth-order valence-electron chi connectivity index (χ4n) is 2.84. The van der Waals surface area contributed by atoms with Crippen molar-refractivity contribution in [2.45, 2.75) is 25.9 Å². The quantitative estimate of drug-likeness (QED) is 0.935. The van der Waals surface area contributed by atoms with Gasteiger partial charge in [0.15, 0.2) is 0 Å². The maximum Gasteiger partial charge on any atom is 0.217 e. The lowest BCUT2D eigenvalue weighted by Crippen LogP contribution is -2.35. The van der Waals surface area contributed by atoms with Crippen molar-refractivity contribution in [3.8, 4) is 5.69 Å². The standard InChI is InChI=1S/C16H19FN4O/c1-12(22)19-15-5-6-20(11-15)9-13-8-18-21(10-13)16-4-2-3-14(17)7-16/h2-4,7-8,10,15H,5-6,9,11H2,1H3,(H,19,22)/t15-/m1/s1. The van der Waals surface area contributed by atoms with E-state index in [4.69, 9.17) is 0 Å².